The molecule has 0 bridgehead atoms. The number of phenolic OH excluding ortho intramolecular Hbond substituents is 1. The molecular weight excluding hydrogens is 412 g/mol. The monoisotopic (exact) mass is 436 g/mol. The van der Waals surface area contributed by atoms with Gasteiger partial charge in [-0.25, -0.2) is 4.79 Å². The SMILES string of the molecule is CCN1C(=O)NC(c2ccc(OC)c(O)c2)C(c2nc(-c3cccc(OC)c3)no2)=C1C. The van der Waals surface area contributed by atoms with Gasteiger partial charge in [0.15, 0.2) is 11.5 Å². The molecule has 1 aliphatic rings. The topological polar surface area (TPSA) is 110 Å². The number of hydrogen-bond donors (Lipinski definition) is 2. The van der Waals surface area contributed by atoms with Gasteiger partial charge in [-0.1, -0.05) is 23.4 Å². The van der Waals surface area contributed by atoms with Crippen molar-refractivity contribution in [1.29, 1.82) is 0 Å². The second kappa shape index (κ2) is 8.62. The predicted molar refractivity (Wildman–Crippen MR) is 117 cm³/mol. The molecule has 2 aromatic carbocycles. The molecule has 3 aromatic rings. The second-order valence-corrected chi connectivity index (χ2v) is 7.21. The molecule has 1 atom stereocenters. The summed E-state index contributed by atoms with van der Waals surface area (Å²) in [5.41, 5.74) is 2.74. The van der Waals surface area contributed by atoms with E-state index in [9.17, 15) is 9.90 Å². The summed E-state index contributed by atoms with van der Waals surface area (Å²) in [5, 5.41) is 17.4. The third kappa shape index (κ3) is 3.73. The van der Waals surface area contributed by atoms with E-state index in [4.69, 9.17) is 14.0 Å². The van der Waals surface area contributed by atoms with Crippen LogP contribution in [0.15, 0.2) is 52.7 Å². The van der Waals surface area contributed by atoms with Crippen LogP contribution in [0.4, 0.5) is 4.79 Å². The Morgan fingerprint density at radius 1 is 1.19 bits per heavy atom. The van der Waals surface area contributed by atoms with Gasteiger partial charge >= 0.3 is 6.03 Å². The number of nitrogens with zero attached hydrogens (tertiary/aromatic N) is 3. The Kier molecular flexibility index (Phi) is 5.72. The van der Waals surface area contributed by atoms with Crippen LogP contribution in [0.25, 0.3) is 17.0 Å². The number of benzene rings is 2. The first-order chi connectivity index (χ1) is 15.5. The van der Waals surface area contributed by atoms with Crippen LogP contribution in [0.5, 0.6) is 17.2 Å². The van der Waals surface area contributed by atoms with Gasteiger partial charge in [0.2, 0.25) is 5.82 Å². The Labute approximate surface area is 185 Å². The molecular formula is C23H24N4O5. The van der Waals surface area contributed by atoms with E-state index in [-0.39, 0.29) is 17.7 Å². The van der Waals surface area contributed by atoms with Crippen molar-refractivity contribution in [2.75, 3.05) is 20.8 Å². The molecule has 0 fully saturated rings. The Morgan fingerprint density at radius 2 is 2.00 bits per heavy atom. The summed E-state index contributed by atoms with van der Waals surface area (Å²) in [6.07, 6.45) is 0. The Morgan fingerprint density at radius 3 is 2.69 bits per heavy atom. The summed E-state index contributed by atoms with van der Waals surface area (Å²) < 4.78 is 16.0. The number of allylic oxidation sites excluding steroid dienone is 1. The molecule has 0 saturated heterocycles. The molecule has 0 radical (unpaired) electrons. The Hall–Kier alpha value is -4.01. The molecule has 0 aliphatic carbocycles. The highest BCUT2D eigenvalue weighted by molar-refractivity contribution is 5.87. The van der Waals surface area contributed by atoms with Gasteiger partial charge in [0.05, 0.1) is 25.8 Å². The molecule has 2 N–H and O–H groups in total. The van der Waals surface area contributed by atoms with Crippen molar-refractivity contribution < 1.29 is 23.9 Å². The van der Waals surface area contributed by atoms with Crippen LogP contribution in [0.3, 0.4) is 0 Å². The molecule has 1 aliphatic heterocycles. The van der Waals surface area contributed by atoms with Gasteiger partial charge < -0.3 is 24.4 Å². The van der Waals surface area contributed by atoms with E-state index in [1.807, 2.05) is 38.1 Å². The van der Waals surface area contributed by atoms with Crippen molar-refractivity contribution in [3.05, 3.63) is 59.6 Å². The number of carbonyl (C=O) groups is 1. The standard InChI is InChI=1S/C23H24N4O5/c1-5-27-13(2)19(20(24-23(27)29)14-9-10-18(31-4)17(28)12-14)22-25-21(26-32-22)15-7-6-8-16(11-15)30-3/h6-12,20,28H,5H2,1-4H3,(H,24,29). The molecule has 32 heavy (non-hydrogen) atoms. The molecule has 1 aromatic heterocycles. The minimum absolute atomic E-state index is 0.0308. The number of amides is 2. The van der Waals surface area contributed by atoms with Crippen LogP contribution in [-0.2, 0) is 0 Å². The fourth-order valence-corrected chi connectivity index (χ4v) is 3.79. The van der Waals surface area contributed by atoms with E-state index >= 15 is 0 Å². The number of ether oxygens (including phenoxy) is 2. The maximum Gasteiger partial charge on any atom is 0.322 e. The molecule has 2 amide bonds. The summed E-state index contributed by atoms with van der Waals surface area (Å²) in [5.74, 6) is 1.66. The first-order valence-electron chi connectivity index (χ1n) is 10.1. The van der Waals surface area contributed by atoms with Gasteiger partial charge in [-0.2, -0.15) is 4.98 Å². The van der Waals surface area contributed by atoms with E-state index in [1.54, 1.807) is 30.2 Å². The zero-order valence-corrected chi connectivity index (χ0v) is 18.2. The molecule has 0 saturated carbocycles. The van der Waals surface area contributed by atoms with E-state index in [2.05, 4.69) is 15.5 Å². The number of urea groups is 1. The highest BCUT2D eigenvalue weighted by Gasteiger charge is 2.35. The summed E-state index contributed by atoms with van der Waals surface area (Å²) in [6.45, 7) is 4.19. The van der Waals surface area contributed by atoms with Gasteiger partial charge in [-0.3, -0.25) is 4.90 Å². The fraction of sp³-hybridized carbons (Fsp3) is 0.261. The maximum atomic E-state index is 12.7. The van der Waals surface area contributed by atoms with E-state index in [0.717, 1.165) is 5.56 Å². The molecule has 0 spiro atoms. The van der Waals surface area contributed by atoms with Crippen LogP contribution in [0.1, 0.15) is 31.3 Å². The zero-order chi connectivity index (χ0) is 22.8. The summed E-state index contributed by atoms with van der Waals surface area (Å²) >= 11 is 0. The van der Waals surface area contributed by atoms with Gasteiger partial charge in [-0.15, -0.1) is 0 Å². The first-order valence-corrected chi connectivity index (χ1v) is 10.1. The van der Waals surface area contributed by atoms with Crippen LogP contribution < -0.4 is 14.8 Å². The lowest BCUT2D eigenvalue weighted by molar-refractivity contribution is 0.207. The predicted octanol–water partition coefficient (Wildman–Crippen LogP) is 3.98. The van der Waals surface area contributed by atoms with E-state index in [0.29, 0.717) is 40.7 Å². The Balaban J connectivity index is 1.81. The minimum Gasteiger partial charge on any atom is -0.504 e. The number of carbonyl (C=O) groups excluding carboxylic acids is 1. The minimum atomic E-state index is -0.597. The number of methoxy groups -OCH3 is 2. The van der Waals surface area contributed by atoms with Crippen molar-refractivity contribution in [2.45, 2.75) is 19.9 Å². The zero-order valence-electron chi connectivity index (χ0n) is 18.2. The number of aromatic hydroxyl groups is 1. The third-order valence-corrected chi connectivity index (χ3v) is 5.43. The third-order valence-electron chi connectivity index (χ3n) is 5.43. The van der Waals surface area contributed by atoms with Crippen LogP contribution in [0.2, 0.25) is 0 Å². The number of rotatable bonds is 6. The lowest BCUT2D eigenvalue weighted by Gasteiger charge is -2.34. The van der Waals surface area contributed by atoms with E-state index in [1.165, 1.54) is 7.11 Å². The smallest absolute Gasteiger partial charge is 0.322 e. The fourth-order valence-electron chi connectivity index (χ4n) is 3.79. The van der Waals surface area contributed by atoms with Gasteiger partial charge in [-0.05, 0) is 43.7 Å². The number of aromatic nitrogens is 2. The summed E-state index contributed by atoms with van der Waals surface area (Å²) in [6, 6.07) is 11.5. The average molecular weight is 436 g/mol. The van der Waals surface area contributed by atoms with Crippen molar-refractivity contribution in [3.63, 3.8) is 0 Å². The molecule has 166 valence electrons. The molecule has 1 unspecified atom stereocenters. The highest BCUT2D eigenvalue weighted by atomic mass is 16.5. The second-order valence-electron chi connectivity index (χ2n) is 7.21. The van der Waals surface area contributed by atoms with Gasteiger partial charge in [0.25, 0.3) is 5.89 Å². The van der Waals surface area contributed by atoms with Crippen molar-refractivity contribution in [1.82, 2.24) is 20.4 Å². The van der Waals surface area contributed by atoms with Crippen molar-refractivity contribution in [3.8, 4) is 28.6 Å². The molecule has 9 heteroatoms. The maximum absolute atomic E-state index is 12.7. The lowest BCUT2D eigenvalue weighted by atomic mass is 9.94. The lowest BCUT2D eigenvalue weighted by Crippen LogP contribution is -2.45. The number of nitrogens with one attached hydrogen (secondary N) is 1. The molecule has 9 nitrogen and oxygen atoms in total. The number of phenols is 1. The van der Waals surface area contributed by atoms with Crippen molar-refractivity contribution in [2.24, 2.45) is 0 Å². The largest absolute Gasteiger partial charge is 0.504 e. The van der Waals surface area contributed by atoms with Crippen LogP contribution >= 0.6 is 0 Å². The molecule has 4 rings (SSSR count). The normalized spacial score (nSPS) is 16.2. The van der Waals surface area contributed by atoms with Gasteiger partial charge in [0, 0.05) is 17.8 Å². The van der Waals surface area contributed by atoms with Crippen LogP contribution in [-0.4, -0.2) is 46.9 Å². The summed E-state index contributed by atoms with van der Waals surface area (Å²) in [7, 11) is 3.07. The first kappa shape index (κ1) is 21.2. The molecule has 2 heterocycles. The summed E-state index contributed by atoms with van der Waals surface area (Å²) in [4.78, 5) is 18.9. The van der Waals surface area contributed by atoms with E-state index < -0.39 is 6.04 Å². The number of hydrogen-bond acceptors (Lipinski definition) is 7. The van der Waals surface area contributed by atoms with Crippen LogP contribution in [0, 0.1) is 0 Å². The average Bonchev–Trinajstić information content (AvgIpc) is 3.28. The van der Waals surface area contributed by atoms with Crippen molar-refractivity contribution >= 4 is 11.6 Å². The van der Waals surface area contributed by atoms with Gasteiger partial charge in [0.1, 0.15) is 5.75 Å². The Bertz CT molecular complexity index is 1190. The highest BCUT2D eigenvalue weighted by Crippen LogP contribution is 2.39. The quantitative estimate of drug-likeness (QED) is 0.601.